The van der Waals surface area contributed by atoms with Gasteiger partial charge in [0, 0.05) is 10.7 Å². The molecular weight excluding hydrogens is 442 g/mol. The summed E-state index contributed by atoms with van der Waals surface area (Å²) in [6.07, 6.45) is 1.42. The zero-order valence-electron chi connectivity index (χ0n) is 18.3. The largest absolute Gasteiger partial charge is 0.490 e. The highest BCUT2D eigenvalue weighted by atomic mass is 35.5. The molecule has 0 aliphatic rings. The van der Waals surface area contributed by atoms with Crippen LogP contribution in [-0.2, 0) is 16.2 Å². The predicted molar refractivity (Wildman–Crippen MR) is 129 cm³/mol. The number of halogens is 1. The second-order valence-electron chi connectivity index (χ2n) is 7.08. The second-order valence-corrected chi connectivity index (χ2v) is 7.51. The number of amides is 2. The monoisotopic (exact) mass is 465 g/mol. The number of nitrogens with one attached hydrogen (secondary N) is 2. The van der Waals surface area contributed by atoms with E-state index >= 15 is 0 Å². The Hall–Kier alpha value is -3.84. The molecule has 0 spiro atoms. The van der Waals surface area contributed by atoms with Crippen molar-refractivity contribution < 1.29 is 19.1 Å². The first-order chi connectivity index (χ1) is 15.9. The SMILES string of the molecule is CCOc1cc(/C=N/NC(=O)C(=O)Nc2cccc(C)c2)ccc1OCc1ccc(Cl)cc1. The van der Waals surface area contributed by atoms with Gasteiger partial charge in [-0.05, 0) is 73.0 Å². The number of hydrazone groups is 1. The standard InChI is InChI=1S/C25H24ClN3O4/c1-3-32-23-14-19(9-12-22(23)33-16-18-7-10-20(26)11-8-18)15-27-29-25(31)24(30)28-21-6-4-5-17(2)13-21/h4-15H,3,16H2,1-2H3,(H,28,30)(H,29,31)/b27-15+. The average Bonchev–Trinajstić information content (AvgIpc) is 2.80. The van der Waals surface area contributed by atoms with E-state index in [0.29, 0.717) is 41.0 Å². The van der Waals surface area contributed by atoms with Gasteiger partial charge in [0.25, 0.3) is 0 Å². The fourth-order valence-corrected chi connectivity index (χ4v) is 2.99. The van der Waals surface area contributed by atoms with Crippen LogP contribution >= 0.6 is 11.6 Å². The summed E-state index contributed by atoms with van der Waals surface area (Å²) in [5, 5.41) is 7.05. The molecule has 0 aromatic heterocycles. The van der Waals surface area contributed by atoms with Gasteiger partial charge in [0.15, 0.2) is 11.5 Å². The molecule has 0 saturated heterocycles. The van der Waals surface area contributed by atoms with E-state index in [4.69, 9.17) is 21.1 Å². The maximum Gasteiger partial charge on any atom is 0.329 e. The van der Waals surface area contributed by atoms with Crippen molar-refractivity contribution in [3.63, 3.8) is 0 Å². The summed E-state index contributed by atoms with van der Waals surface area (Å²) >= 11 is 5.91. The minimum Gasteiger partial charge on any atom is -0.490 e. The van der Waals surface area contributed by atoms with Gasteiger partial charge < -0.3 is 14.8 Å². The zero-order valence-corrected chi connectivity index (χ0v) is 19.1. The molecule has 3 rings (SSSR count). The maximum atomic E-state index is 12.0. The number of benzene rings is 3. The third kappa shape index (κ3) is 7.36. The fraction of sp³-hybridized carbons (Fsp3) is 0.160. The summed E-state index contributed by atoms with van der Waals surface area (Å²) in [4.78, 5) is 24.0. The Bertz CT molecular complexity index is 1150. The first kappa shape index (κ1) is 23.8. The normalized spacial score (nSPS) is 10.6. The van der Waals surface area contributed by atoms with E-state index in [0.717, 1.165) is 11.1 Å². The quantitative estimate of drug-likeness (QED) is 0.286. The molecule has 3 aromatic rings. The fourth-order valence-electron chi connectivity index (χ4n) is 2.86. The lowest BCUT2D eigenvalue weighted by molar-refractivity contribution is -0.136. The number of hydrogen-bond donors (Lipinski definition) is 2. The summed E-state index contributed by atoms with van der Waals surface area (Å²) in [7, 11) is 0. The van der Waals surface area contributed by atoms with Crippen molar-refractivity contribution in [2.45, 2.75) is 20.5 Å². The van der Waals surface area contributed by atoms with E-state index in [1.54, 1.807) is 48.5 Å². The van der Waals surface area contributed by atoms with Gasteiger partial charge in [-0.25, -0.2) is 5.43 Å². The van der Waals surface area contributed by atoms with E-state index in [9.17, 15) is 9.59 Å². The summed E-state index contributed by atoms with van der Waals surface area (Å²) in [6.45, 7) is 4.58. The van der Waals surface area contributed by atoms with Gasteiger partial charge in [0.2, 0.25) is 0 Å². The van der Waals surface area contributed by atoms with Crippen molar-refractivity contribution in [1.82, 2.24) is 5.43 Å². The average molecular weight is 466 g/mol. The van der Waals surface area contributed by atoms with Crippen LogP contribution in [0.2, 0.25) is 5.02 Å². The molecule has 0 fully saturated rings. The Labute approximate surface area is 197 Å². The maximum absolute atomic E-state index is 12.0. The lowest BCUT2D eigenvalue weighted by atomic mass is 10.2. The number of carbonyl (C=O) groups excluding carboxylic acids is 2. The van der Waals surface area contributed by atoms with E-state index in [-0.39, 0.29) is 0 Å². The minimum atomic E-state index is -0.874. The molecule has 33 heavy (non-hydrogen) atoms. The summed E-state index contributed by atoms with van der Waals surface area (Å²) in [5.74, 6) is -0.566. The summed E-state index contributed by atoms with van der Waals surface area (Å²) in [6, 6.07) is 19.8. The molecule has 7 nitrogen and oxygen atoms in total. The minimum absolute atomic E-state index is 0.358. The number of ether oxygens (including phenoxy) is 2. The molecule has 0 saturated carbocycles. The third-order valence-electron chi connectivity index (χ3n) is 4.44. The van der Waals surface area contributed by atoms with Crippen LogP contribution in [0.1, 0.15) is 23.6 Å². The summed E-state index contributed by atoms with van der Waals surface area (Å²) < 4.78 is 11.5. The lowest BCUT2D eigenvalue weighted by Crippen LogP contribution is -2.32. The van der Waals surface area contributed by atoms with Crippen molar-refractivity contribution in [1.29, 1.82) is 0 Å². The molecule has 0 heterocycles. The van der Waals surface area contributed by atoms with Crippen molar-refractivity contribution in [2.24, 2.45) is 5.10 Å². The third-order valence-corrected chi connectivity index (χ3v) is 4.69. The highest BCUT2D eigenvalue weighted by molar-refractivity contribution is 6.39. The van der Waals surface area contributed by atoms with Crippen LogP contribution in [0.5, 0.6) is 11.5 Å². The van der Waals surface area contributed by atoms with Gasteiger partial charge in [0.1, 0.15) is 6.61 Å². The van der Waals surface area contributed by atoms with Crippen LogP contribution in [0, 0.1) is 6.92 Å². The molecule has 0 aliphatic heterocycles. The Kier molecular flexibility index (Phi) is 8.43. The molecular formula is C25H24ClN3O4. The molecule has 170 valence electrons. The predicted octanol–water partition coefficient (Wildman–Crippen LogP) is 4.71. The molecule has 0 aliphatic carbocycles. The Morgan fingerprint density at radius 1 is 0.970 bits per heavy atom. The number of aryl methyl sites for hydroxylation is 1. The molecule has 0 atom stereocenters. The second kappa shape index (κ2) is 11.7. The smallest absolute Gasteiger partial charge is 0.329 e. The van der Waals surface area contributed by atoms with E-state index in [1.165, 1.54) is 6.21 Å². The molecule has 3 aromatic carbocycles. The number of rotatable bonds is 8. The highest BCUT2D eigenvalue weighted by Gasteiger charge is 2.13. The van der Waals surface area contributed by atoms with E-state index < -0.39 is 11.8 Å². The van der Waals surface area contributed by atoms with E-state index in [1.807, 2.05) is 32.0 Å². The van der Waals surface area contributed by atoms with Gasteiger partial charge in [-0.1, -0.05) is 35.9 Å². The van der Waals surface area contributed by atoms with Gasteiger partial charge >= 0.3 is 11.8 Å². The van der Waals surface area contributed by atoms with Crippen molar-refractivity contribution in [3.8, 4) is 11.5 Å². The van der Waals surface area contributed by atoms with Crippen LogP contribution < -0.4 is 20.2 Å². The molecule has 0 radical (unpaired) electrons. The molecule has 0 bridgehead atoms. The highest BCUT2D eigenvalue weighted by Crippen LogP contribution is 2.29. The van der Waals surface area contributed by atoms with Crippen molar-refractivity contribution in [2.75, 3.05) is 11.9 Å². The van der Waals surface area contributed by atoms with Crippen molar-refractivity contribution >= 4 is 35.3 Å². The molecule has 0 unspecified atom stereocenters. The molecule has 2 N–H and O–H groups in total. The van der Waals surface area contributed by atoms with Crippen LogP contribution in [0.25, 0.3) is 0 Å². The Morgan fingerprint density at radius 2 is 1.76 bits per heavy atom. The lowest BCUT2D eigenvalue weighted by Gasteiger charge is -2.12. The van der Waals surface area contributed by atoms with Gasteiger partial charge in [-0.15, -0.1) is 0 Å². The first-order valence-corrected chi connectivity index (χ1v) is 10.7. The number of nitrogens with zero attached hydrogens (tertiary/aromatic N) is 1. The number of hydrogen-bond acceptors (Lipinski definition) is 5. The first-order valence-electron chi connectivity index (χ1n) is 10.3. The number of anilines is 1. The summed E-state index contributed by atoms with van der Waals surface area (Å²) in [5.41, 5.74) is 5.36. The van der Waals surface area contributed by atoms with Crippen LogP contribution in [0.4, 0.5) is 5.69 Å². The topological polar surface area (TPSA) is 89.0 Å². The zero-order chi connectivity index (χ0) is 23.6. The van der Waals surface area contributed by atoms with Crippen molar-refractivity contribution in [3.05, 3.63) is 88.4 Å². The number of carbonyl (C=O) groups is 2. The van der Waals surface area contributed by atoms with Crippen LogP contribution in [0.3, 0.4) is 0 Å². The Morgan fingerprint density at radius 3 is 2.48 bits per heavy atom. The van der Waals surface area contributed by atoms with Crippen LogP contribution in [0.15, 0.2) is 71.8 Å². The van der Waals surface area contributed by atoms with Gasteiger partial charge in [-0.2, -0.15) is 5.10 Å². The molecule has 2 amide bonds. The molecule has 8 heteroatoms. The van der Waals surface area contributed by atoms with E-state index in [2.05, 4.69) is 15.8 Å². The Balaban J connectivity index is 1.59. The van der Waals surface area contributed by atoms with Crippen LogP contribution in [-0.4, -0.2) is 24.6 Å². The van der Waals surface area contributed by atoms with Gasteiger partial charge in [0.05, 0.1) is 12.8 Å². The van der Waals surface area contributed by atoms with Gasteiger partial charge in [-0.3, -0.25) is 9.59 Å².